The van der Waals surface area contributed by atoms with Crippen molar-refractivity contribution in [2.75, 3.05) is 0 Å². The highest BCUT2D eigenvalue weighted by molar-refractivity contribution is 9.10. The van der Waals surface area contributed by atoms with Crippen molar-refractivity contribution in [1.82, 2.24) is 0 Å². The van der Waals surface area contributed by atoms with Crippen LogP contribution in [0.15, 0.2) is 46.9 Å². The lowest BCUT2D eigenvalue weighted by Crippen LogP contribution is -1.99. The second-order valence-corrected chi connectivity index (χ2v) is 6.62. The summed E-state index contributed by atoms with van der Waals surface area (Å²) in [5, 5.41) is 0. The van der Waals surface area contributed by atoms with Gasteiger partial charge in [-0.25, -0.2) is 0 Å². The number of alkyl halides is 1. The lowest BCUT2D eigenvalue weighted by molar-refractivity contribution is 0.928. The maximum atomic E-state index is 3.82. The Morgan fingerprint density at radius 1 is 1.00 bits per heavy atom. The molecule has 2 aromatic carbocycles. The molecule has 18 heavy (non-hydrogen) atoms. The van der Waals surface area contributed by atoms with Gasteiger partial charge in [-0.2, -0.15) is 0 Å². The minimum absolute atomic E-state index is 0.367. The molecule has 2 heteroatoms. The fourth-order valence-corrected chi connectivity index (χ4v) is 3.47. The van der Waals surface area contributed by atoms with Gasteiger partial charge in [0, 0.05) is 9.30 Å². The molecular formula is C16H16Br2. The molecule has 0 aliphatic rings. The number of aryl methyl sites for hydroxylation is 2. The summed E-state index contributed by atoms with van der Waals surface area (Å²) >= 11 is 7.33. The highest BCUT2D eigenvalue weighted by atomic mass is 79.9. The van der Waals surface area contributed by atoms with Gasteiger partial charge < -0.3 is 0 Å². The fraction of sp³-hybridized carbons (Fsp3) is 0.250. The van der Waals surface area contributed by atoms with Gasteiger partial charge in [0.25, 0.3) is 0 Å². The van der Waals surface area contributed by atoms with Crippen molar-refractivity contribution in [2.24, 2.45) is 0 Å². The number of halogens is 2. The van der Waals surface area contributed by atoms with E-state index in [0.717, 1.165) is 10.9 Å². The first kappa shape index (κ1) is 13.8. The third-order valence-electron chi connectivity index (χ3n) is 3.23. The zero-order valence-corrected chi connectivity index (χ0v) is 13.8. The molecule has 0 bridgehead atoms. The Hall–Kier alpha value is -0.600. The summed E-state index contributed by atoms with van der Waals surface area (Å²) in [6.07, 6.45) is 1.02. The van der Waals surface area contributed by atoms with Gasteiger partial charge in [0.2, 0.25) is 0 Å². The van der Waals surface area contributed by atoms with Crippen LogP contribution in [0.25, 0.3) is 0 Å². The molecule has 0 aliphatic carbocycles. The summed E-state index contributed by atoms with van der Waals surface area (Å²) in [6.45, 7) is 4.33. The molecule has 0 N–H and O–H groups in total. The summed E-state index contributed by atoms with van der Waals surface area (Å²) in [4.78, 5) is 0.367. The number of hydrogen-bond acceptors (Lipinski definition) is 0. The van der Waals surface area contributed by atoms with E-state index < -0.39 is 0 Å². The molecule has 0 nitrogen and oxygen atoms in total. The Kier molecular flexibility index (Phi) is 4.63. The molecule has 0 saturated heterocycles. The molecule has 0 spiro atoms. The standard InChI is InChI=1S/C16H16Br2/c1-11-5-3-4-6-13(11)10-16(18)15-8-7-14(17)9-12(15)2/h3-9,16H,10H2,1-2H3. The van der Waals surface area contributed by atoms with E-state index in [2.05, 4.69) is 88.2 Å². The number of benzene rings is 2. The van der Waals surface area contributed by atoms with Crippen molar-refractivity contribution < 1.29 is 0 Å². The molecule has 0 fully saturated rings. The van der Waals surface area contributed by atoms with Gasteiger partial charge in [-0.15, -0.1) is 0 Å². The summed E-state index contributed by atoms with van der Waals surface area (Å²) in [7, 11) is 0. The Labute approximate surface area is 126 Å². The molecule has 0 aromatic heterocycles. The van der Waals surface area contributed by atoms with Gasteiger partial charge in [0.1, 0.15) is 0 Å². The van der Waals surface area contributed by atoms with Crippen LogP contribution in [-0.2, 0) is 6.42 Å². The first-order chi connectivity index (χ1) is 8.58. The van der Waals surface area contributed by atoms with Gasteiger partial charge in [-0.05, 0) is 54.7 Å². The quantitative estimate of drug-likeness (QED) is 0.606. The van der Waals surface area contributed by atoms with Crippen LogP contribution in [0.3, 0.4) is 0 Å². The van der Waals surface area contributed by atoms with Crippen molar-refractivity contribution >= 4 is 31.9 Å². The highest BCUT2D eigenvalue weighted by Crippen LogP contribution is 2.31. The van der Waals surface area contributed by atoms with Crippen molar-refractivity contribution in [1.29, 1.82) is 0 Å². The number of rotatable bonds is 3. The van der Waals surface area contributed by atoms with Crippen LogP contribution in [0.2, 0.25) is 0 Å². The minimum Gasteiger partial charge on any atom is -0.0835 e. The van der Waals surface area contributed by atoms with Gasteiger partial charge in [-0.3, -0.25) is 0 Å². The van der Waals surface area contributed by atoms with Gasteiger partial charge in [0.05, 0.1) is 0 Å². The monoisotopic (exact) mass is 366 g/mol. The minimum atomic E-state index is 0.367. The second kappa shape index (κ2) is 6.03. The van der Waals surface area contributed by atoms with E-state index in [0.29, 0.717) is 4.83 Å². The first-order valence-electron chi connectivity index (χ1n) is 6.02. The van der Waals surface area contributed by atoms with Crippen LogP contribution in [0.1, 0.15) is 27.1 Å². The van der Waals surface area contributed by atoms with Gasteiger partial charge >= 0.3 is 0 Å². The van der Waals surface area contributed by atoms with E-state index in [1.165, 1.54) is 22.3 Å². The summed E-state index contributed by atoms with van der Waals surface area (Å²) < 4.78 is 1.14. The van der Waals surface area contributed by atoms with E-state index >= 15 is 0 Å². The lowest BCUT2D eigenvalue weighted by Gasteiger charge is -2.15. The number of hydrogen-bond donors (Lipinski definition) is 0. The van der Waals surface area contributed by atoms with Crippen molar-refractivity contribution in [3.05, 3.63) is 69.2 Å². The molecule has 0 saturated carbocycles. The zero-order valence-electron chi connectivity index (χ0n) is 10.6. The molecule has 94 valence electrons. The second-order valence-electron chi connectivity index (χ2n) is 4.60. The largest absolute Gasteiger partial charge is 0.0835 e. The summed E-state index contributed by atoms with van der Waals surface area (Å²) in [6, 6.07) is 15.0. The lowest BCUT2D eigenvalue weighted by atomic mass is 9.98. The average Bonchev–Trinajstić information content (AvgIpc) is 2.32. The van der Waals surface area contributed by atoms with Gasteiger partial charge in [-0.1, -0.05) is 62.2 Å². The normalized spacial score (nSPS) is 12.4. The van der Waals surface area contributed by atoms with Gasteiger partial charge in [0.15, 0.2) is 0 Å². The van der Waals surface area contributed by atoms with E-state index in [9.17, 15) is 0 Å². The van der Waals surface area contributed by atoms with E-state index in [-0.39, 0.29) is 0 Å². The molecule has 2 rings (SSSR count). The first-order valence-corrected chi connectivity index (χ1v) is 7.73. The maximum Gasteiger partial charge on any atom is 0.0438 e. The van der Waals surface area contributed by atoms with E-state index in [1.807, 2.05) is 0 Å². The Morgan fingerprint density at radius 3 is 2.39 bits per heavy atom. The molecule has 2 aromatic rings. The van der Waals surface area contributed by atoms with Crippen LogP contribution < -0.4 is 0 Å². The van der Waals surface area contributed by atoms with Crippen molar-refractivity contribution in [3.63, 3.8) is 0 Å². The summed E-state index contributed by atoms with van der Waals surface area (Å²) in [5.74, 6) is 0. The van der Waals surface area contributed by atoms with E-state index in [1.54, 1.807) is 0 Å². The molecular weight excluding hydrogens is 352 g/mol. The summed E-state index contributed by atoms with van der Waals surface area (Å²) in [5.41, 5.74) is 5.44. The van der Waals surface area contributed by atoms with Crippen LogP contribution in [0.5, 0.6) is 0 Å². The smallest absolute Gasteiger partial charge is 0.0438 e. The third-order valence-corrected chi connectivity index (χ3v) is 4.54. The SMILES string of the molecule is Cc1ccccc1CC(Br)c1ccc(Br)cc1C. The average molecular weight is 368 g/mol. The molecule has 0 amide bonds. The van der Waals surface area contributed by atoms with Crippen LogP contribution in [0.4, 0.5) is 0 Å². The van der Waals surface area contributed by atoms with Crippen LogP contribution >= 0.6 is 31.9 Å². The third kappa shape index (κ3) is 3.24. The molecule has 0 heterocycles. The van der Waals surface area contributed by atoms with Crippen molar-refractivity contribution in [3.8, 4) is 0 Å². The van der Waals surface area contributed by atoms with E-state index in [4.69, 9.17) is 0 Å². The van der Waals surface area contributed by atoms with Crippen LogP contribution in [0, 0.1) is 13.8 Å². The highest BCUT2D eigenvalue weighted by Gasteiger charge is 2.12. The Bertz CT molecular complexity index is 547. The van der Waals surface area contributed by atoms with Crippen LogP contribution in [-0.4, -0.2) is 0 Å². The zero-order chi connectivity index (χ0) is 13.1. The Balaban J connectivity index is 2.22. The molecule has 0 aliphatic heterocycles. The predicted octanol–water partition coefficient (Wildman–Crippen LogP) is 5.74. The topological polar surface area (TPSA) is 0 Å². The Morgan fingerprint density at radius 2 is 1.72 bits per heavy atom. The van der Waals surface area contributed by atoms with Crippen molar-refractivity contribution in [2.45, 2.75) is 25.1 Å². The predicted molar refractivity (Wildman–Crippen MR) is 85.4 cm³/mol. The molecule has 0 radical (unpaired) electrons. The molecule has 1 atom stereocenters. The molecule has 1 unspecified atom stereocenters. The fourth-order valence-electron chi connectivity index (χ4n) is 2.13. The maximum absolute atomic E-state index is 3.82.